The van der Waals surface area contributed by atoms with Gasteiger partial charge in [-0.1, -0.05) is 11.3 Å². The van der Waals surface area contributed by atoms with Crippen LogP contribution in [0.25, 0.3) is 10.2 Å². The van der Waals surface area contributed by atoms with E-state index in [-0.39, 0.29) is 41.1 Å². The lowest BCUT2D eigenvalue weighted by molar-refractivity contribution is -0.143. The molecule has 0 bridgehead atoms. The lowest BCUT2D eigenvalue weighted by atomic mass is 10.2. The maximum Gasteiger partial charge on any atom is 0.338 e. The van der Waals surface area contributed by atoms with Crippen molar-refractivity contribution in [1.29, 1.82) is 0 Å². The Hall–Kier alpha value is -3.35. The molecule has 198 valence electrons. The van der Waals surface area contributed by atoms with E-state index in [1.807, 2.05) is 0 Å². The van der Waals surface area contributed by atoms with Crippen molar-refractivity contribution in [2.45, 2.75) is 45.2 Å². The number of aromatic nitrogens is 1. The summed E-state index contributed by atoms with van der Waals surface area (Å²) in [6.07, 6.45) is 0. The lowest BCUT2D eigenvalue weighted by Crippen LogP contribution is -2.33. The van der Waals surface area contributed by atoms with Crippen LogP contribution < -0.4 is 4.80 Å². The van der Waals surface area contributed by atoms with Gasteiger partial charge in [0.2, 0.25) is 10.0 Å². The summed E-state index contributed by atoms with van der Waals surface area (Å²) in [5.74, 6) is -1.60. The highest BCUT2D eigenvalue weighted by atomic mass is 32.2. The van der Waals surface area contributed by atoms with Crippen molar-refractivity contribution in [1.82, 2.24) is 8.87 Å². The molecule has 1 heterocycles. The number of hydrogen-bond acceptors (Lipinski definition) is 8. The largest absolute Gasteiger partial charge is 0.465 e. The van der Waals surface area contributed by atoms with Gasteiger partial charge in [-0.3, -0.25) is 9.59 Å². The van der Waals surface area contributed by atoms with Crippen molar-refractivity contribution in [3.8, 4) is 0 Å². The molecule has 37 heavy (non-hydrogen) atoms. The van der Waals surface area contributed by atoms with Gasteiger partial charge >= 0.3 is 11.9 Å². The molecule has 3 aromatic rings. The van der Waals surface area contributed by atoms with Gasteiger partial charge in [-0.15, -0.1) is 0 Å². The fourth-order valence-electron chi connectivity index (χ4n) is 3.35. The molecule has 0 saturated heterocycles. The molecule has 0 saturated carbocycles. The van der Waals surface area contributed by atoms with Gasteiger partial charge < -0.3 is 14.0 Å². The summed E-state index contributed by atoms with van der Waals surface area (Å²) in [5.41, 5.74) is 1.11. The number of amides is 1. The maximum atomic E-state index is 13.0. The first kappa shape index (κ1) is 28.2. The second-order valence-electron chi connectivity index (χ2n) is 8.24. The Morgan fingerprint density at radius 1 is 1.00 bits per heavy atom. The molecule has 2 aromatic carbocycles. The quantitative estimate of drug-likeness (QED) is 0.377. The number of carbonyl (C=O) groups is 3. The number of esters is 2. The molecule has 0 fully saturated rings. The Balaban J connectivity index is 2.03. The Bertz CT molecular complexity index is 1490. The lowest BCUT2D eigenvalue weighted by Gasteiger charge is -2.20. The molecule has 0 aliphatic carbocycles. The molecular formula is C25H29N3O7S2. The molecule has 1 amide bonds. The van der Waals surface area contributed by atoms with Gasteiger partial charge in [0.25, 0.3) is 5.91 Å². The van der Waals surface area contributed by atoms with Gasteiger partial charge in [0.1, 0.15) is 6.54 Å². The Morgan fingerprint density at radius 3 is 2.22 bits per heavy atom. The minimum Gasteiger partial charge on any atom is -0.465 e. The average Bonchev–Trinajstić information content (AvgIpc) is 3.19. The van der Waals surface area contributed by atoms with E-state index >= 15 is 0 Å². The molecule has 0 aliphatic rings. The maximum absolute atomic E-state index is 13.0. The van der Waals surface area contributed by atoms with Crippen molar-refractivity contribution in [3.05, 3.63) is 58.4 Å². The summed E-state index contributed by atoms with van der Waals surface area (Å²) < 4.78 is 38.9. The van der Waals surface area contributed by atoms with Gasteiger partial charge in [-0.25, -0.2) is 13.2 Å². The molecular weight excluding hydrogens is 518 g/mol. The summed E-state index contributed by atoms with van der Waals surface area (Å²) >= 11 is 1.13. The first-order valence-corrected chi connectivity index (χ1v) is 13.9. The van der Waals surface area contributed by atoms with Crippen LogP contribution in [-0.4, -0.2) is 61.4 Å². The second-order valence-corrected chi connectivity index (χ2v) is 11.2. The molecule has 0 spiro atoms. The van der Waals surface area contributed by atoms with Crippen LogP contribution >= 0.6 is 11.3 Å². The highest BCUT2D eigenvalue weighted by Gasteiger charge is 2.23. The van der Waals surface area contributed by atoms with E-state index in [4.69, 9.17) is 9.47 Å². The molecule has 0 unspecified atom stereocenters. The minimum atomic E-state index is -3.70. The van der Waals surface area contributed by atoms with Gasteiger partial charge in [0.05, 0.1) is 33.9 Å². The smallest absolute Gasteiger partial charge is 0.338 e. The van der Waals surface area contributed by atoms with Gasteiger partial charge in [-0.05, 0) is 70.2 Å². The summed E-state index contributed by atoms with van der Waals surface area (Å²) in [7, 11) is -2.21. The standard InChI is InChI=1S/C25H29N3O7S2/c1-6-34-22(29)15-28-20-13-10-18(24(31)35-7-2)14-21(20)36-25(28)26-23(30)17-8-11-19(12-9-17)37(32,33)27(5)16(3)4/h8-14,16H,6-7,15H2,1-5H3. The number of sulfonamides is 1. The van der Waals surface area contributed by atoms with Crippen LogP contribution in [0.15, 0.2) is 52.4 Å². The number of rotatable bonds is 9. The van der Waals surface area contributed by atoms with E-state index in [1.54, 1.807) is 50.5 Å². The van der Waals surface area contributed by atoms with Crippen LogP contribution in [0, 0.1) is 0 Å². The number of benzene rings is 2. The van der Waals surface area contributed by atoms with Crippen LogP contribution in [0.4, 0.5) is 0 Å². The summed E-state index contributed by atoms with van der Waals surface area (Å²) in [5, 5.41) is 0. The zero-order valence-electron chi connectivity index (χ0n) is 21.3. The minimum absolute atomic E-state index is 0.0611. The van der Waals surface area contributed by atoms with Crippen LogP contribution in [0.1, 0.15) is 48.4 Å². The number of carbonyl (C=O) groups excluding carboxylic acids is 3. The Kier molecular flexibility index (Phi) is 9.00. The summed E-state index contributed by atoms with van der Waals surface area (Å²) in [6.45, 7) is 7.17. The molecule has 0 N–H and O–H groups in total. The molecule has 0 radical (unpaired) electrons. The third-order valence-corrected chi connectivity index (χ3v) is 8.58. The van der Waals surface area contributed by atoms with E-state index in [0.717, 1.165) is 11.3 Å². The monoisotopic (exact) mass is 547 g/mol. The molecule has 0 atom stereocenters. The zero-order valence-corrected chi connectivity index (χ0v) is 22.9. The number of thiazole rings is 1. The fraction of sp³-hybridized carbons (Fsp3) is 0.360. The van der Waals surface area contributed by atoms with Crippen molar-refractivity contribution in [3.63, 3.8) is 0 Å². The topological polar surface area (TPSA) is 124 Å². The van der Waals surface area contributed by atoms with Crippen molar-refractivity contribution < 1.29 is 32.3 Å². The molecule has 10 nitrogen and oxygen atoms in total. The van der Waals surface area contributed by atoms with Gasteiger partial charge in [-0.2, -0.15) is 9.30 Å². The van der Waals surface area contributed by atoms with E-state index in [1.165, 1.54) is 35.6 Å². The second kappa shape index (κ2) is 11.8. The first-order valence-electron chi connectivity index (χ1n) is 11.6. The third-order valence-electron chi connectivity index (χ3n) is 5.49. The fourth-order valence-corrected chi connectivity index (χ4v) is 5.79. The first-order chi connectivity index (χ1) is 17.5. The molecule has 0 aliphatic heterocycles. The Labute approximate surface area is 219 Å². The van der Waals surface area contributed by atoms with E-state index in [0.29, 0.717) is 15.8 Å². The number of hydrogen-bond donors (Lipinski definition) is 0. The molecule has 3 rings (SSSR count). The van der Waals surface area contributed by atoms with Crippen LogP contribution in [0.5, 0.6) is 0 Å². The number of ether oxygens (including phenoxy) is 2. The van der Waals surface area contributed by atoms with Crippen molar-refractivity contribution in [2.24, 2.45) is 4.99 Å². The van der Waals surface area contributed by atoms with Crippen LogP contribution in [0.2, 0.25) is 0 Å². The predicted molar refractivity (Wildman–Crippen MR) is 139 cm³/mol. The van der Waals surface area contributed by atoms with Crippen molar-refractivity contribution in [2.75, 3.05) is 20.3 Å². The summed E-state index contributed by atoms with van der Waals surface area (Å²) in [4.78, 5) is 41.9. The molecule has 1 aromatic heterocycles. The Morgan fingerprint density at radius 2 is 1.62 bits per heavy atom. The van der Waals surface area contributed by atoms with Crippen molar-refractivity contribution >= 4 is 49.4 Å². The summed E-state index contributed by atoms with van der Waals surface area (Å²) in [6, 6.07) is 10.1. The van der Waals surface area contributed by atoms with E-state index in [2.05, 4.69) is 4.99 Å². The van der Waals surface area contributed by atoms with Crippen LogP contribution in [-0.2, 0) is 30.8 Å². The molecule has 12 heteroatoms. The average molecular weight is 548 g/mol. The van der Waals surface area contributed by atoms with Gasteiger partial charge in [0.15, 0.2) is 4.80 Å². The van der Waals surface area contributed by atoms with E-state index in [9.17, 15) is 22.8 Å². The highest BCUT2D eigenvalue weighted by molar-refractivity contribution is 7.89. The van der Waals surface area contributed by atoms with Gasteiger partial charge in [0, 0.05) is 18.7 Å². The van der Waals surface area contributed by atoms with E-state index < -0.39 is 27.9 Å². The third kappa shape index (κ3) is 6.32. The van der Waals surface area contributed by atoms with Crippen LogP contribution in [0.3, 0.4) is 0 Å². The predicted octanol–water partition coefficient (Wildman–Crippen LogP) is 3.21. The highest BCUT2D eigenvalue weighted by Crippen LogP contribution is 2.21. The number of fused-ring (bicyclic) bond motifs is 1. The normalized spacial score (nSPS) is 12.4. The zero-order chi connectivity index (χ0) is 27.3. The number of nitrogens with zero attached hydrogens (tertiary/aromatic N) is 3. The SMILES string of the molecule is CCOC(=O)Cn1c(=NC(=O)c2ccc(S(=O)(=O)N(C)C(C)C)cc2)sc2cc(C(=O)OCC)ccc21.